The number of fused-ring (bicyclic) bond motifs is 1. The van der Waals surface area contributed by atoms with E-state index in [1.807, 2.05) is 18.2 Å². The minimum atomic E-state index is -1.52. The molecule has 0 aromatic rings. The molecule has 0 aromatic carbocycles. The third-order valence-corrected chi connectivity index (χ3v) is 1.87. The zero-order valence-electron chi connectivity index (χ0n) is 5.91. The van der Waals surface area contributed by atoms with Gasteiger partial charge >= 0.3 is 0 Å². The van der Waals surface area contributed by atoms with Crippen LogP contribution in [0.2, 0.25) is 0 Å². The first-order chi connectivity index (χ1) is 5.20. The highest BCUT2D eigenvalue weighted by atomic mass is 16.3. The van der Waals surface area contributed by atoms with Crippen LogP contribution in [0.25, 0.3) is 0 Å². The van der Waals surface area contributed by atoms with Crippen LogP contribution < -0.4 is 5.73 Å². The Bertz CT molecular complexity index is 306. The van der Waals surface area contributed by atoms with Crippen molar-refractivity contribution < 1.29 is 5.11 Å². The van der Waals surface area contributed by atoms with Crippen LogP contribution in [0.15, 0.2) is 47.6 Å². The fourth-order valence-electron chi connectivity index (χ4n) is 1.31. The topological polar surface area (TPSA) is 44.0 Å². The number of nitrogens with one attached hydrogen (secondary N) is 1. The van der Waals surface area contributed by atoms with Gasteiger partial charge in [-0.15, -0.1) is 0 Å². The first kappa shape index (κ1) is 6.58. The Balaban J connectivity index is 2.51. The lowest BCUT2D eigenvalue weighted by atomic mass is 9.94. The molecule has 0 saturated carbocycles. The minimum Gasteiger partial charge on any atom is -0.367 e. The van der Waals surface area contributed by atoms with Gasteiger partial charge in [0.25, 0.3) is 0 Å². The van der Waals surface area contributed by atoms with Crippen molar-refractivity contribution in [2.24, 2.45) is 0 Å². The predicted octanol–water partition coefficient (Wildman–Crippen LogP) is 0.950. The molecule has 2 N–H and O–H groups in total. The van der Waals surface area contributed by atoms with Crippen LogP contribution in [-0.4, -0.2) is 10.8 Å². The normalized spacial score (nSPS) is 33.3. The molecule has 2 rings (SSSR count). The second kappa shape index (κ2) is 1.94. The standard InChI is InChI=1S/C9H8NO/c10-9(11)6-2-4-7-3-1-5-8(7)9/h1-6,10-11H. The maximum Gasteiger partial charge on any atom is 0.174 e. The Hall–Kier alpha value is -1.12. The van der Waals surface area contributed by atoms with Gasteiger partial charge in [0.15, 0.2) is 5.72 Å². The van der Waals surface area contributed by atoms with Crippen LogP contribution in [0.5, 0.6) is 0 Å². The lowest BCUT2D eigenvalue weighted by Crippen LogP contribution is -2.31. The number of hydrogen-bond acceptors (Lipinski definition) is 1. The molecule has 1 unspecified atom stereocenters. The highest BCUT2D eigenvalue weighted by Crippen LogP contribution is 2.30. The van der Waals surface area contributed by atoms with Crippen molar-refractivity contribution in [2.45, 2.75) is 5.72 Å². The summed E-state index contributed by atoms with van der Waals surface area (Å²) >= 11 is 0. The van der Waals surface area contributed by atoms with E-state index in [1.165, 1.54) is 6.08 Å². The van der Waals surface area contributed by atoms with Crippen LogP contribution >= 0.6 is 0 Å². The summed E-state index contributed by atoms with van der Waals surface area (Å²) in [5.74, 6) is 0. The Kier molecular flexibility index (Phi) is 1.16. The third kappa shape index (κ3) is 0.878. The molecule has 0 bridgehead atoms. The van der Waals surface area contributed by atoms with E-state index in [0.29, 0.717) is 5.57 Å². The summed E-state index contributed by atoms with van der Waals surface area (Å²) in [6.45, 7) is 0. The fraction of sp³-hybridized carbons (Fsp3) is 0.111. The minimum absolute atomic E-state index is 0.667. The van der Waals surface area contributed by atoms with Crippen molar-refractivity contribution in [3.8, 4) is 0 Å². The molecule has 2 aliphatic carbocycles. The molecule has 2 aliphatic rings. The van der Waals surface area contributed by atoms with Gasteiger partial charge in [0.05, 0.1) is 0 Å². The second-order valence-electron chi connectivity index (χ2n) is 2.69. The van der Waals surface area contributed by atoms with Crippen LogP contribution in [0.1, 0.15) is 0 Å². The molecule has 0 aliphatic heterocycles. The van der Waals surface area contributed by atoms with Gasteiger partial charge in [-0.2, -0.15) is 0 Å². The second-order valence-corrected chi connectivity index (χ2v) is 2.69. The van der Waals surface area contributed by atoms with Crippen molar-refractivity contribution >= 4 is 0 Å². The average molecular weight is 146 g/mol. The Labute approximate surface area is 65.0 Å². The molecule has 0 heterocycles. The van der Waals surface area contributed by atoms with E-state index in [4.69, 9.17) is 5.73 Å². The van der Waals surface area contributed by atoms with Gasteiger partial charge in [-0.05, 0) is 11.6 Å². The molecule has 1 radical (unpaired) electrons. The summed E-state index contributed by atoms with van der Waals surface area (Å²) in [5.41, 5.74) is 7.56. The molecule has 0 aromatic heterocycles. The van der Waals surface area contributed by atoms with E-state index in [-0.39, 0.29) is 0 Å². The first-order valence-electron chi connectivity index (χ1n) is 3.46. The van der Waals surface area contributed by atoms with E-state index in [0.717, 1.165) is 5.57 Å². The van der Waals surface area contributed by atoms with Crippen molar-refractivity contribution in [1.29, 1.82) is 0 Å². The Morgan fingerprint density at radius 1 is 1.27 bits per heavy atom. The molecule has 2 nitrogen and oxygen atoms in total. The van der Waals surface area contributed by atoms with Crippen LogP contribution in [-0.2, 0) is 0 Å². The summed E-state index contributed by atoms with van der Waals surface area (Å²) < 4.78 is 0. The number of hydrogen-bond donors (Lipinski definition) is 1. The number of allylic oxidation sites excluding steroid dienone is 5. The fourth-order valence-corrected chi connectivity index (χ4v) is 1.31. The highest BCUT2D eigenvalue weighted by molar-refractivity contribution is 5.57. The van der Waals surface area contributed by atoms with E-state index in [1.54, 1.807) is 12.2 Å². The molecule has 55 valence electrons. The maximum atomic E-state index is 9.48. The lowest BCUT2D eigenvalue weighted by molar-refractivity contribution is 0.131. The van der Waals surface area contributed by atoms with E-state index in [9.17, 15) is 5.11 Å². The molecular formula is C9H8NO. The summed E-state index contributed by atoms with van der Waals surface area (Å²) in [6.07, 6.45) is 10.6. The predicted molar refractivity (Wildman–Crippen MR) is 42.5 cm³/mol. The van der Waals surface area contributed by atoms with Crippen molar-refractivity contribution in [1.82, 2.24) is 5.73 Å². The molecular weight excluding hydrogens is 138 g/mol. The van der Waals surface area contributed by atoms with Gasteiger partial charge in [0.2, 0.25) is 0 Å². The van der Waals surface area contributed by atoms with Crippen molar-refractivity contribution in [3.05, 3.63) is 47.6 Å². The van der Waals surface area contributed by atoms with Gasteiger partial charge in [-0.1, -0.05) is 30.4 Å². The first-order valence-corrected chi connectivity index (χ1v) is 3.46. The number of aliphatic hydroxyl groups is 1. The van der Waals surface area contributed by atoms with Crippen LogP contribution in [0.4, 0.5) is 0 Å². The van der Waals surface area contributed by atoms with Gasteiger partial charge in [-0.25, -0.2) is 5.73 Å². The van der Waals surface area contributed by atoms with E-state index >= 15 is 0 Å². The quantitative estimate of drug-likeness (QED) is 0.543. The van der Waals surface area contributed by atoms with Crippen LogP contribution in [0, 0.1) is 0 Å². The zero-order valence-corrected chi connectivity index (χ0v) is 5.91. The molecule has 0 spiro atoms. The van der Waals surface area contributed by atoms with Gasteiger partial charge < -0.3 is 5.11 Å². The molecule has 2 heteroatoms. The Morgan fingerprint density at radius 3 is 2.82 bits per heavy atom. The van der Waals surface area contributed by atoms with E-state index in [2.05, 4.69) is 0 Å². The third-order valence-electron chi connectivity index (χ3n) is 1.87. The summed E-state index contributed by atoms with van der Waals surface area (Å²) in [6, 6.07) is 0. The highest BCUT2D eigenvalue weighted by Gasteiger charge is 2.29. The van der Waals surface area contributed by atoms with Crippen molar-refractivity contribution in [3.63, 3.8) is 0 Å². The van der Waals surface area contributed by atoms with Crippen molar-refractivity contribution in [2.75, 3.05) is 0 Å². The van der Waals surface area contributed by atoms with Gasteiger partial charge in [-0.3, -0.25) is 0 Å². The molecule has 1 atom stereocenters. The molecule has 0 saturated heterocycles. The Morgan fingerprint density at radius 2 is 2.09 bits per heavy atom. The maximum absolute atomic E-state index is 9.48. The van der Waals surface area contributed by atoms with Crippen LogP contribution in [0.3, 0.4) is 0 Å². The SMILES string of the molecule is [NH]C1(O)C=CC=C2C=CC=C21. The summed E-state index contributed by atoms with van der Waals surface area (Å²) in [5, 5.41) is 9.48. The smallest absolute Gasteiger partial charge is 0.174 e. The monoisotopic (exact) mass is 146 g/mol. The lowest BCUT2D eigenvalue weighted by Gasteiger charge is -2.23. The number of rotatable bonds is 0. The van der Waals surface area contributed by atoms with Gasteiger partial charge in [0, 0.05) is 5.57 Å². The largest absolute Gasteiger partial charge is 0.367 e. The average Bonchev–Trinajstić information content (AvgIpc) is 2.34. The summed E-state index contributed by atoms with van der Waals surface area (Å²) in [7, 11) is 0. The molecule has 0 fully saturated rings. The van der Waals surface area contributed by atoms with E-state index < -0.39 is 5.72 Å². The zero-order chi connectivity index (χ0) is 7.90. The van der Waals surface area contributed by atoms with Gasteiger partial charge in [0.1, 0.15) is 0 Å². The molecule has 0 amide bonds. The summed E-state index contributed by atoms with van der Waals surface area (Å²) in [4.78, 5) is 0. The molecule has 11 heavy (non-hydrogen) atoms.